The van der Waals surface area contributed by atoms with E-state index in [1.54, 1.807) is 28.7 Å². The van der Waals surface area contributed by atoms with Gasteiger partial charge in [0, 0.05) is 56.6 Å². The molecule has 1 aromatic carbocycles. The van der Waals surface area contributed by atoms with Crippen molar-refractivity contribution in [2.24, 2.45) is 10.9 Å². The molecule has 3 aromatic rings. The van der Waals surface area contributed by atoms with Gasteiger partial charge in [0.15, 0.2) is 5.65 Å². The van der Waals surface area contributed by atoms with Crippen LogP contribution in [0.2, 0.25) is 5.02 Å². The summed E-state index contributed by atoms with van der Waals surface area (Å²) in [5.41, 5.74) is 2.52. The van der Waals surface area contributed by atoms with E-state index in [0.29, 0.717) is 25.3 Å². The smallest absolute Gasteiger partial charge is 0.256 e. The van der Waals surface area contributed by atoms with Gasteiger partial charge in [-0.1, -0.05) is 17.7 Å². The summed E-state index contributed by atoms with van der Waals surface area (Å²) >= 11 is 6.12. The maximum absolute atomic E-state index is 14.0. The highest BCUT2D eigenvalue weighted by Gasteiger charge is 2.34. The Kier molecular flexibility index (Phi) is 6.46. The van der Waals surface area contributed by atoms with Crippen molar-refractivity contribution in [2.45, 2.75) is 38.3 Å². The molecule has 0 bridgehead atoms. The number of carbonyl (C=O) groups excluding carboxylic acids is 1. The number of rotatable bonds is 4. The lowest BCUT2D eigenvalue weighted by molar-refractivity contribution is 0.0605. The Morgan fingerprint density at radius 2 is 2.14 bits per heavy atom. The molecule has 3 atom stereocenters. The van der Waals surface area contributed by atoms with Gasteiger partial charge in [-0.05, 0) is 38.3 Å². The minimum absolute atomic E-state index is 0.0330. The molecule has 0 spiro atoms. The van der Waals surface area contributed by atoms with Crippen LogP contribution in [0.15, 0.2) is 35.5 Å². The fourth-order valence-corrected chi connectivity index (χ4v) is 5.34. The van der Waals surface area contributed by atoms with E-state index in [1.807, 2.05) is 19.2 Å². The molecule has 4 heterocycles. The standard InChI is InChI=1S/C25H28ClFN6O2/c1-15-12-33-22(29-24(15)31-13-16(11-28-2)21(34)14-31)10-19(30-33)20-8-3-4-9-32(20)25(35)17-6-5-7-18(27)23(17)26/h5-7,10-12,16,20-21,34H,3-4,8-9,13-14H2,1-2H3/t16-,20+,21+/m1/s1. The van der Waals surface area contributed by atoms with Crippen molar-refractivity contribution in [1.29, 1.82) is 0 Å². The number of aliphatic hydroxyl groups is 1. The number of hydrogen-bond acceptors (Lipinski definition) is 6. The minimum atomic E-state index is -0.606. The van der Waals surface area contributed by atoms with Crippen molar-refractivity contribution in [2.75, 3.05) is 31.6 Å². The molecule has 2 saturated heterocycles. The summed E-state index contributed by atoms with van der Waals surface area (Å²) in [5.74, 6) is -0.131. The van der Waals surface area contributed by atoms with Crippen LogP contribution in [0.5, 0.6) is 0 Å². The number of carbonyl (C=O) groups is 1. The zero-order valence-electron chi connectivity index (χ0n) is 19.7. The number of aromatic nitrogens is 3. The molecule has 184 valence electrons. The SMILES string of the molecule is CN=C[C@@H]1CN(c2nc3cc([C@@H]4CCCCN4C(=O)c4cccc(F)c4Cl)nn3cc2C)C[C@@H]1O. The molecule has 0 saturated carbocycles. The number of piperidine rings is 1. The second-order valence-corrected chi connectivity index (χ2v) is 9.65. The highest BCUT2D eigenvalue weighted by atomic mass is 35.5. The van der Waals surface area contributed by atoms with Gasteiger partial charge in [0.2, 0.25) is 0 Å². The van der Waals surface area contributed by atoms with Gasteiger partial charge in [-0.3, -0.25) is 4.79 Å². The normalized spacial score (nSPS) is 23.1. The molecule has 0 radical (unpaired) electrons. The molecule has 8 nitrogen and oxygen atoms in total. The van der Waals surface area contributed by atoms with E-state index in [1.165, 1.54) is 12.1 Å². The molecule has 0 unspecified atom stereocenters. The van der Waals surface area contributed by atoms with Gasteiger partial charge >= 0.3 is 0 Å². The van der Waals surface area contributed by atoms with E-state index in [4.69, 9.17) is 21.7 Å². The molecular weight excluding hydrogens is 471 g/mol. The summed E-state index contributed by atoms with van der Waals surface area (Å²) in [4.78, 5) is 26.1. The van der Waals surface area contributed by atoms with E-state index >= 15 is 0 Å². The molecule has 0 aliphatic carbocycles. The van der Waals surface area contributed by atoms with Crippen molar-refractivity contribution in [1.82, 2.24) is 19.5 Å². The summed E-state index contributed by atoms with van der Waals surface area (Å²) < 4.78 is 15.7. The molecule has 1 N–H and O–H groups in total. The number of anilines is 1. The van der Waals surface area contributed by atoms with E-state index in [9.17, 15) is 14.3 Å². The number of likely N-dealkylation sites (tertiary alicyclic amines) is 1. The Morgan fingerprint density at radius 3 is 2.94 bits per heavy atom. The fraction of sp³-hybridized carbons (Fsp3) is 0.440. The van der Waals surface area contributed by atoms with E-state index < -0.39 is 11.9 Å². The van der Waals surface area contributed by atoms with Crippen molar-refractivity contribution < 1.29 is 14.3 Å². The van der Waals surface area contributed by atoms with Gasteiger partial charge in [0.25, 0.3) is 5.91 Å². The van der Waals surface area contributed by atoms with Gasteiger partial charge in [-0.25, -0.2) is 13.9 Å². The van der Waals surface area contributed by atoms with E-state index in [-0.39, 0.29) is 28.5 Å². The first-order valence-corrected chi connectivity index (χ1v) is 12.2. The molecule has 2 aliphatic heterocycles. The first-order valence-electron chi connectivity index (χ1n) is 11.8. The third-order valence-electron chi connectivity index (χ3n) is 6.88. The number of nitrogens with zero attached hydrogens (tertiary/aromatic N) is 6. The zero-order chi connectivity index (χ0) is 24.7. The Labute approximate surface area is 208 Å². The van der Waals surface area contributed by atoms with Crippen LogP contribution in [0.3, 0.4) is 0 Å². The van der Waals surface area contributed by atoms with Crippen LogP contribution >= 0.6 is 11.6 Å². The number of aliphatic hydroxyl groups excluding tert-OH is 1. The number of benzene rings is 1. The largest absolute Gasteiger partial charge is 0.391 e. The average molecular weight is 499 g/mol. The summed E-state index contributed by atoms with van der Waals surface area (Å²) in [6, 6.07) is 5.96. The predicted octanol–water partition coefficient (Wildman–Crippen LogP) is 3.70. The number of fused-ring (bicyclic) bond motifs is 1. The lowest BCUT2D eigenvalue weighted by Gasteiger charge is -2.35. The predicted molar refractivity (Wildman–Crippen MR) is 133 cm³/mol. The van der Waals surface area contributed by atoms with Crippen molar-refractivity contribution in [3.05, 3.63) is 58.1 Å². The topological polar surface area (TPSA) is 86.3 Å². The van der Waals surface area contributed by atoms with E-state index in [2.05, 4.69) is 9.89 Å². The van der Waals surface area contributed by atoms with Gasteiger partial charge in [0.05, 0.1) is 28.4 Å². The maximum atomic E-state index is 14.0. The molecule has 2 aliphatic rings. The number of aliphatic imine (C=N–C) groups is 1. The Hall–Kier alpha value is -3.04. The Bertz CT molecular complexity index is 1290. The second-order valence-electron chi connectivity index (χ2n) is 9.27. The first-order chi connectivity index (χ1) is 16.9. The van der Waals surface area contributed by atoms with Crippen LogP contribution < -0.4 is 4.90 Å². The average Bonchev–Trinajstić information content (AvgIpc) is 3.43. The summed E-state index contributed by atoms with van der Waals surface area (Å²) in [7, 11) is 1.71. The molecular formula is C25H28ClFN6O2. The first kappa shape index (κ1) is 23.7. The quantitative estimate of drug-likeness (QED) is 0.554. The fourth-order valence-electron chi connectivity index (χ4n) is 5.13. The Balaban J connectivity index is 1.46. The molecule has 35 heavy (non-hydrogen) atoms. The third kappa shape index (κ3) is 4.38. The van der Waals surface area contributed by atoms with Crippen molar-refractivity contribution in [3.63, 3.8) is 0 Å². The molecule has 1 amide bonds. The summed E-state index contributed by atoms with van der Waals surface area (Å²) in [6.45, 7) is 3.65. The molecule has 2 aromatic heterocycles. The van der Waals surface area contributed by atoms with Crippen LogP contribution in [0.4, 0.5) is 10.2 Å². The van der Waals surface area contributed by atoms with Crippen LogP contribution in [0.25, 0.3) is 5.65 Å². The van der Waals surface area contributed by atoms with Crippen molar-refractivity contribution in [3.8, 4) is 0 Å². The lowest BCUT2D eigenvalue weighted by atomic mass is 9.98. The number of amides is 1. The van der Waals surface area contributed by atoms with Crippen LogP contribution in [-0.4, -0.2) is 69.5 Å². The molecule has 10 heteroatoms. The Morgan fingerprint density at radius 1 is 1.31 bits per heavy atom. The molecule has 5 rings (SSSR count). The van der Waals surface area contributed by atoms with Crippen LogP contribution in [-0.2, 0) is 0 Å². The number of hydrogen-bond donors (Lipinski definition) is 1. The van der Waals surface area contributed by atoms with Crippen LogP contribution in [0.1, 0.15) is 46.9 Å². The van der Waals surface area contributed by atoms with Crippen molar-refractivity contribution >= 4 is 35.2 Å². The number of aryl methyl sites for hydroxylation is 1. The van der Waals surface area contributed by atoms with Gasteiger partial charge < -0.3 is 19.9 Å². The maximum Gasteiger partial charge on any atom is 0.256 e. The number of halogens is 2. The van der Waals surface area contributed by atoms with Gasteiger partial charge in [-0.15, -0.1) is 0 Å². The minimum Gasteiger partial charge on any atom is -0.391 e. The summed E-state index contributed by atoms with van der Waals surface area (Å²) in [6.07, 6.45) is 5.80. The third-order valence-corrected chi connectivity index (χ3v) is 7.27. The van der Waals surface area contributed by atoms with Gasteiger partial charge in [-0.2, -0.15) is 5.10 Å². The van der Waals surface area contributed by atoms with Gasteiger partial charge in [0.1, 0.15) is 11.6 Å². The lowest BCUT2D eigenvalue weighted by Crippen LogP contribution is -2.39. The highest BCUT2D eigenvalue weighted by molar-refractivity contribution is 6.34. The molecule has 2 fully saturated rings. The highest BCUT2D eigenvalue weighted by Crippen LogP contribution is 2.34. The van der Waals surface area contributed by atoms with E-state index in [0.717, 1.165) is 36.3 Å². The number of β-amino-alcohol motifs (C(OH)–C–C–N with tert-alkyl or cyclic N) is 1. The summed E-state index contributed by atoms with van der Waals surface area (Å²) in [5, 5.41) is 15.0. The monoisotopic (exact) mass is 498 g/mol. The second kappa shape index (κ2) is 9.54. The van der Waals surface area contributed by atoms with Crippen LogP contribution in [0, 0.1) is 18.7 Å². The zero-order valence-corrected chi connectivity index (χ0v) is 20.5.